The van der Waals surface area contributed by atoms with E-state index in [0.29, 0.717) is 11.6 Å². The number of hydrogen-bond acceptors (Lipinski definition) is 5. The molecule has 2 aromatic carbocycles. The van der Waals surface area contributed by atoms with Gasteiger partial charge in [0.25, 0.3) is 0 Å². The summed E-state index contributed by atoms with van der Waals surface area (Å²) in [4.78, 5) is 25.4. The zero-order chi connectivity index (χ0) is 22.3. The molecule has 0 aliphatic carbocycles. The topological polar surface area (TPSA) is 79.8 Å². The first-order valence-electron chi connectivity index (χ1n) is 9.92. The molecule has 2 N–H and O–H groups in total. The molecule has 0 saturated carbocycles. The first-order valence-corrected chi connectivity index (χ1v) is 10.7. The van der Waals surface area contributed by atoms with Gasteiger partial charge < -0.3 is 10.6 Å². The van der Waals surface area contributed by atoms with E-state index in [9.17, 15) is 4.79 Å². The van der Waals surface area contributed by atoms with Crippen molar-refractivity contribution < 1.29 is 4.79 Å². The van der Waals surface area contributed by atoms with Crippen LogP contribution >= 0.6 is 15.9 Å². The fourth-order valence-electron chi connectivity index (χ4n) is 2.98. The maximum atomic E-state index is 12.4. The van der Waals surface area contributed by atoms with Crippen LogP contribution in [0, 0.1) is 6.92 Å². The van der Waals surface area contributed by atoms with Crippen molar-refractivity contribution in [3.05, 3.63) is 101 Å². The Morgan fingerprint density at radius 2 is 1.88 bits per heavy atom. The summed E-state index contributed by atoms with van der Waals surface area (Å²) in [7, 11) is 0. The molecule has 2 aromatic heterocycles. The van der Waals surface area contributed by atoms with Gasteiger partial charge in [0, 0.05) is 46.1 Å². The van der Waals surface area contributed by atoms with Crippen LogP contribution in [0.3, 0.4) is 0 Å². The molecule has 4 rings (SSSR count). The molecule has 0 radical (unpaired) electrons. The molecule has 0 fully saturated rings. The fourth-order valence-corrected chi connectivity index (χ4v) is 3.24. The number of benzene rings is 2. The molecular formula is C25H20BrN5O. The minimum Gasteiger partial charge on any atom is -0.324 e. The summed E-state index contributed by atoms with van der Waals surface area (Å²) in [5, 5.41) is 6.13. The van der Waals surface area contributed by atoms with Crippen LogP contribution in [0.15, 0.2) is 89.8 Å². The number of hydrogen-bond donors (Lipinski definition) is 2. The Morgan fingerprint density at radius 3 is 2.66 bits per heavy atom. The Morgan fingerprint density at radius 1 is 1.03 bits per heavy atom. The quantitative estimate of drug-likeness (QED) is 0.327. The summed E-state index contributed by atoms with van der Waals surface area (Å²) in [6.07, 6.45) is 8.46. The number of rotatable bonds is 6. The van der Waals surface area contributed by atoms with Gasteiger partial charge in [-0.25, -0.2) is 9.97 Å². The number of anilines is 3. The third kappa shape index (κ3) is 5.65. The van der Waals surface area contributed by atoms with E-state index >= 15 is 0 Å². The summed E-state index contributed by atoms with van der Waals surface area (Å²) in [5.41, 5.74) is 5.11. The molecule has 32 heavy (non-hydrogen) atoms. The Bertz CT molecular complexity index is 1260. The third-order valence-electron chi connectivity index (χ3n) is 4.66. The second-order valence-electron chi connectivity index (χ2n) is 7.04. The Hall–Kier alpha value is -3.84. The van der Waals surface area contributed by atoms with E-state index in [4.69, 9.17) is 0 Å². The van der Waals surface area contributed by atoms with Gasteiger partial charge in [-0.3, -0.25) is 9.78 Å². The maximum absolute atomic E-state index is 12.4. The van der Waals surface area contributed by atoms with Gasteiger partial charge in [0.15, 0.2) is 0 Å². The van der Waals surface area contributed by atoms with Gasteiger partial charge in [-0.1, -0.05) is 34.1 Å². The first-order chi connectivity index (χ1) is 15.6. The number of nitrogens with one attached hydrogen (secondary N) is 2. The van der Waals surface area contributed by atoms with E-state index in [2.05, 4.69) is 41.5 Å². The number of pyridine rings is 1. The number of aryl methyl sites for hydroxylation is 1. The lowest BCUT2D eigenvalue weighted by Crippen LogP contribution is -2.08. The Balaban J connectivity index is 1.47. The molecule has 6 nitrogen and oxygen atoms in total. The average molecular weight is 486 g/mol. The molecule has 0 bridgehead atoms. The van der Waals surface area contributed by atoms with Crippen molar-refractivity contribution >= 4 is 45.2 Å². The fraction of sp³-hybridized carbons (Fsp3) is 0.0400. The normalized spacial score (nSPS) is 10.8. The second-order valence-corrected chi connectivity index (χ2v) is 7.95. The molecule has 0 saturated heterocycles. The third-order valence-corrected chi connectivity index (χ3v) is 5.19. The maximum Gasteiger partial charge on any atom is 0.248 e. The highest BCUT2D eigenvalue weighted by molar-refractivity contribution is 9.10. The van der Waals surface area contributed by atoms with Gasteiger partial charge in [0.05, 0.1) is 5.69 Å². The van der Waals surface area contributed by atoms with E-state index < -0.39 is 0 Å². The lowest BCUT2D eigenvalue weighted by Gasteiger charge is -2.11. The Kier molecular flexibility index (Phi) is 6.67. The van der Waals surface area contributed by atoms with Crippen LogP contribution < -0.4 is 10.6 Å². The van der Waals surface area contributed by atoms with Crippen LogP contribution in [0.2, 0.25) is 0 Å². The number of carbonyl (C=O) groups is 1. The lowest BCUT2D eigenvalue weighted by molar-refractivity contribution is -0.111. The van der Waals surface area contributed by atoms with Crippen LogP contribution in [0.1, 0.15) is 11.1 Å². The van der Waals surface area contributed by atoms with Crippen LogP contribution in [0.5, 0.6) is 0 Å². The molecule has 0 unspecified atom stereocenters. The van der Waals surface area contributed by atoms with E-state index in [0.717, 1.165) is 32.5 Å². The van der Waals surface area contributed by atoms with E-state index in [1.807, 2.05) is 67.6 Å². The smallest absolute Gasteiger partial charge is 0.248 e. The second kappa shape index (κ2) is 9.98. The molecule has 4 aromatic rings. The number of carbonyl (C=O) groups excluding carboxylic acids is 1. The zero-order valence-electron chi connectivity index (χ0n) is 17.3. The molecule has 0 aliphatic heterocycles. The van der Waals surface area contributed by atoms with E-state index in [-0.39, 0.29) is 5.91 Å². The number of halogens is 1. The van der Waals surface area contributed by atoms with Gasteiger partial charge in [0.1, 0.15) is 0 Å². The molecular weight excluding hydrogens is 466 g/mol. The first kappa shape index (κ1) is 21.4. The van der Waals surface area contributed by atoms with Crippen LogP contribution in [0.4, 0.5) is 17.3 Å². The van der Waals surface area contributed by atoms with Gasteiger partial charge in [-0.15, -0.1) is 0 Å². The van der Waals surface area contributed by atoms with Crippen molar-refractivity contribution in [1.82, 2.24) is 15.0 Å². The van der Waals surface area contributed by atoms with Crippen molar-refractivity contribution in [3.8, 4) is 11.3 Å². The molecule has 158 valence electrons. The van der Waals surface area contributed by atoms with Crippen molar-refractivity contribution in [2.24, 2.45) is 0 Å². The number of amides is 1. The highest BCUT2D eigenvalue weighted by atomic mass is 79.9. The van der Waals surface area contributed by atoms with Gasteiger partial charge in [-0.2, -0.15) is 0 Å². The lowest BCUT2D eigenvalue weighted by atomic mass is 10.1. The molecule has 0 aliphatic rings. The van der Waals surface area contributed by atoms with Gasteiger partial charge in [-0.05, 0) is 66.6 Å². The van der Waals surface area contributed by atoms with Crippen LogP contribution in [-0.4, -0.2) is 20.9 Å². The van der Waals surface area contributed by atoms with Crippen LogP contribution in [0.25, 0.3) is 17.3 Å². The zero-order valence-corrected chi connectivity index (χ0v) is 18.9. The Labute approximate surface area is 194 Å². The highest BCUT2D eigenvalue weighted by Crippen LogP contribution is 2.24. The minimum atomic E-state index is -0.211. The summed E-state index contributed by atoms with van der Waals surface area (Å²) in [5.74, 6) is 0.255. The van der Waals surface area contributed by atoms with Gasteiger partial charge >= 0.3 is 0 Å². The average Bonchev–Trinajstić information content (AvgIpc) is 2.82. The molecule has 0 spiro atoms. The largest absolute Gasteiger partial charge is 0.324 e. The molecule has 7 heteroatoms. The monoisotopic (exact) mass is 485 g/mol. The summed E-state index contributed by atoms with van der Waals surface area (Å²) in [6.45, 7) is 1.98. The van der Waals surface area contributed by atoms with Crippen LogP contribution in [-0.2, 0) is 4.79 Å². The number of nitrogens with zero attached hydrogens (tertiary/aromatic N) is 3. The predicted molar refractivity (Wildman–Crippen MR) is 132 cm³/mol. The van der Waals surface area contributed by atoms with E-state index in [1.54, 1.807) is 24.7 Å². The number of aromatic nitrogens is 3. The summed E-state index contributed by atoms with van der Waals surface area (Å²) < 4.78 is 0.994. The predicted octanol–water partition coefficient (Wildman–Crippen LogP) is 6.01. The SMILES string of the molecule is Cc1ccc(NC(=O)/C=C/c2ccc(Br)cc2)cc1Nc1nccc(-c2cccnc2)n1. The van der Waals surface area contributed by atoms with E-state index in [1.165, 1.54) is 6.08 Å². The minimum absolute atomic E-state index is 0.211. The summed E-state index contributed by atoms with van der Waals surface area (Å²) >= 11 is 3.40. The van der Waals surface area contributed by atoms with Crippen molar-refractivity contribution in [1.29, 1.82) is 0 Å². The molecule has 1 amide bonds. The van der Waals surface area contributed by atoms with Crippen molar-refractivity contribution in [2.45, 2.75) is 6.92 Å². The molecule has 0 atom stereocenters. The van der Waals surface area contributed by atoms with Gasteiger partial charge in [0.2, 0.25) is 11.9 Å². The molecule has 2 heterocycles. The summed E-state index contributed by atoms with van der Waals surface area (Å²) in [6, 6.07) is 19.0. The standard InChI is InChI=1S/C25H20BrN5O/c1-17-4-10-21(29-24(32)11-7-18-5-8-20(26)9-6-18)15-23(17)31-25-28-14-12-22(30-25)19-3-2-13-27-16-19/h2-16H,1H3,(H,29,32)(H,28,30,31)/b11-7+. The highest BCUT2D eigenvalue weighted by Gasteiger charge is 2.07. The van der Waals surface area contributed by atoms with Crippen molar-refractivity contribution in [3.63, 3.8) is 0 Å². The van der Waals surface area contributed by atoms with Crippen molar-refractivity contribution in [2.75, 3.05) is 10.6 Å².